The quantitative estimate of drug-likeness (QED) is 0.893. The third-order valence-corrected chi connectivity index (χ3v) is 2.63. The number of hydrogen-bond donors (Lipinski definition) is 1. The number of fused-ring (bicyclic) bond motifs is 1. The fourth-order valence-corrected chi connectivity index (χ4v) is 1.83. The van der Waals surface area contributed by atoms with Crippen LogP contribution in [0.5, 0.6) is 5.75 Å². The molecular formula is C12H15ClN2O2. The lowest BCUT2D eigenvalue weighted by atomic mass is 10.1. The van der Waals surface area contributed by atoms with Crippen molar-refractivity contribution in [1.29, 1.82) is 0 Å². The summed E-state index contributed by atoms with van der Waals surface area (Å²) in [6.07, 6.45) is 3.25. The second-order valence-electron chi connectivity index (χ2n) is 3.82. The van der Waals surface area contributed by atoms with Crippen LogP contribution in [-0.2, 0) is 6.42 Å². The van der Waals surface area contributed by atoms with Gasteiger partial charge in [-0.25, -0.2) is 4.98 Å². The lowest BCUT2D eigenvalue weighted by Gasteiger charge is -2.07. The number of nitrogens with zero attached hydrogens (tertiary/aromatic N) is 2. The fourth-order valence-electron chi connectivity index (χ4n) is 1.83. The number of hydrogen-bond acceptors (Lipinski definition) is 3. The van der Waals surface area contributed by atoms with Gasteiger partial charge in [0, 0.05) is 17.5 Å². The van der Waals surface area contributed by atoms with Crippen LogP contribution in [0.4, 0.5) is 0 Å². The molecule has 17 heavy (non-hydrogen) atoms. The van der Waals surface area contributed by atoms with E-state index in [4.69, 9.17) is 0 Å². The molecular weight excluding hydrogens is 240 g/mol. The summed E-state index contributed by atoms with van der Waals surface area (Å²) in [5.41, 5.74) is 1.67. The summed E-state index contributed by atoms with van der Waals surface area (Å²) in [6.45, 7) is 3.83. The van der Waals surface area contributed by atoms with Crippen LogP contribution in [0.3, 0.4) is 0 Å². The summed E-state index contributed by atoms with van der Waals surface area (Å²) in [4.78, 5) is 16.4. The van der Waals surface area contributed by atoms with Gasteiger partial charge in [0.2, 0.25) is 0 Å². The first-order valence-electron chi connectivity index (χ1n) is 5.35. The van der Waals surface area contributed by atoms with Gasteiger partial charge in [0.1, 0.15) is 0 Å². The molecule has 0 aliphatic carbocycles. The SMILES string of the molecule is CCCc1c(C)nc2c(O)cccn2c1=O.Cl. The Morgan fingerprint density at radius 2 is 2.18 bits per heavy atom. The van der Waals surface area contributed by atoms with E-state index < -0.39 is 0 Å². The largest absolute Gasteiger partial charge is 0.504 e. The maximum absolute atomic E-state index is 12.1. The molecule has 0 amide bonds. The monoisotopic (exact) mass is 254 g/mol. The minimum atomic E-state index is -0.0831. The highest BCUT2D eigenvalue weighted by molar-refractivity contribution is 5.85. The Labute approximate surface area is 105 Å². The number of aromatic hydroxyl groups is 1. The molecule has 0 aliphatic heterocycles. The van der Waals surface area contributed by atoms with Crippen molar-refractivity contribution in [2.45, 2.75) is 26.7 Å². The van der Waals surface area contributed by atoms with Gasteiger partial charge >= 0.3 is 0 Å². The van der Waals surface area contributed by atoms with E-state index in [0.29, 0.717) is 11.3 Å². The van der Waals surface area contributed by atoms with Crippen molar-refractivity contribution < 1.29 is 5.11 Å². The summed E-state index contributed by atoms with van der Waals surface area (Å²) in [6, 6.07) is 3.16. The Morgan fingerprint density at radius 1 is 1.47 bits per heavy atom. The number of halogens is 1. The van der Waals surface area contributed by atoms with E-state index in [2.05, 4.69) is 4.98 Å². The predicted molar refractivity (Wildman–Crippen MR) is 69.1 cm³/mol. The summed E-state index contributed by atoms with van der Waals surface area (Å²) in [5.74, 6) is 0.0331. The number of rotatable bonds is 2. The highest BCUT2D eigenvalue weighted by Gasteiger charge is 2.10. The Kier molecular flexibility index (Phi) is 4.12. The van der Waals surface area contributed by atoms with Gasteiger partial charge in [-0.05, 0) is 25.5 Å². The minimum Gasteiger partial charge on any atom is -0.504 e. The highest BCUT2D eigenvalue weighted by atomic mass is 35.5. The van der Waals surface area contributed by atoms with Crippen molar-refractivity contribution in [3.05, 3.63) is 39.9 Å². The topological polar surface area (TPSA) is 54.6 Å². The number of aryl methyl sites for hydroxylation is 1. The zero-order valence-corrected chi connectivity index (χ0v) is 10.6. The van der Waals surface area contributed by atoms with Gasteiger partial charge in [-0.15, -0.1) is 12.4 Å². The second-order valence-corrected chi connectivity index (χ2v) is 3.82. The Balaban J connectivity index is 0.00000144. The van der Waals surface area contributed by atoms with Crippen LogP contribution in [0.25, 0.3) is 5.65 Å². The van der Waals surface area contributed by atoms with Crippen LogP contribution in [0.2, 0.25) is 0 Å². The Hall–Kier alpha value is -1.55. The molecule has 0 fully saturated rings. The summed E-state index contributed by atoms with van der Waals surface area (Å²) in [7, 11) is 0. The van der Waals surface area contributed by atoms with Crippen LogP contribution >= 0.6 is 12.4 Å². The molecule has 0 saturated heterocycles. The van der Waals surface area contributed by atoms with Gasteiger partial charge in [0.05, 0.1) is 0 Å². The molecule has 1 N–H and O–H groups in total. The van der Waals surface area contributed by atoms with Crippen LogP contribution in [0.15, 0.2) is 23.1 Å². The van der Waals surface area contributed by atoms with E-state index in [9.17, 15) is 9.90 Å². The molecule has 0 atom stereocenters. The molecule has 0 unspecified atom stereocenters. The van der Waals surface area contributed by atoms with E-state index in [1.54, 1.807) is 19.2 Å². The molecule has 0 radical (unpaired) electrons. The minimum absolute atomic E-state index is 0. The van der Waals surface area contributed by atoms with E-state index >= 15 is 0 Å². The van der Waals surface area contributed by atoms with E-state index in [1.807, 2.05) is 6.92 Å². The molecule has 92 valence electrons. The van der Waals surface area contributed by atoms with Crippen molar-refractivity contribution in [2.75, 3.05) is 0 Å². The average molecular weight is 255 g/mol. The molecule has 2 aromatic heterocycles. The molecule has 0 saturated carbocycles. The van der Waals surface area contributed by atoms with Crippen LogP contribution in [0, 0.1) is 6.92 Å². The van der Waals surface area contributed by atoms with Gasteiger partial charge < -0.3 is 5.11 Å². The first-order chi connectivity index (χ1) is 7.65. The molecule has 5 heteroatoms. The highest BCUT2D eigenvalue weighted by Crippen LogP contribution is 2.15. The van der Waals surface area contributed by atoms with Gasteiger partial charge in [-0.3, -0.25) is 9.20 Å². The molecule has 0 aromatic carbocycles. The number of aromatic nitrogens is 2. The van der Waals surface area contributed by atoms with Crippen molar-refractivity contribution in [3.8, 4) is 5.75 Å². The summed E-state index contributed by atoms with van der Waals surface area (Å²) >= 11 is 0. The van der Waals surface area contributed by atoms with E-state index in [1.165, 1.54) is 10.5 Å². The van der Waals surface area contributed by atoms with Gasteiger partial charge in [-0.1, -0.05) is 13.3 Å². The van der Waals surface area contributed by atoms with Gasteiger partial charge in [0.15, 0.2) is 11.4 Å². The molecule has 0 spiro atoms. The van der Waals surface area contributed by atoms with Crippen LogP contribution in [0.1, 0.15) is 24.6 Å². The first kappa shape index (κ1) is 13.5. The van der Waals surface area contributed by atoms with Crippen LogP contribution < -0.4 is 5.56 Å². The second kappa shape index (κ2) is 5.19. The molecule has 2 heterocycles. The first-order valence-corrected chi connectivity index (χ1v) is 5.35. The fraction of sp³-hybridized carbons (Fsp3) is 0.333. The molecule has 0 aliphatic rings. The van der Waals surface area contributed by atoms with Crippen molar-refractivity contribution in [3.63, 3.8) is 0 Å². The summed E-state index contributed by atoms with van der Waals surface area (Å²) < 4.78 is 1.40. The molecule has 4 nitrogen and oxygen atoms in total. The number of pyridine rings is 1. The Bertz CT molecular complexity index is 593. The molecule has 0 bridgehead atoms. The van der Waals surface area contributed by atoms with Crippen molar-refractivity contribution in [1.82, 2.24) is 9.38 Å². The molecule has 2 aromatic rings. The van der Waals surface area contributed by atoms with Crippen molar-refractivity contribution in [2.24, 2.45) is 0 Å². The molecule has 2 rings (SSSR count). The third kappa shape index (κ3) is 2.26. The summed E-state index contributed by atoms with van der Waals surface area (Å²) in [5, 5.41) is 9.62. The van der Waals surface area contributed by atoms with E-state index in [-0.39, 0.29) is 23.7 Å². The normalized spacial score (nSPS) is 10.2. The third-order valence-electron chi connectivity index (χ3n) is 2.63. The average Bonchev–Trinajstić information content (AvgIpc) is 2.26. The zero-order valence-electron chi connectivity index (χ0n) is 9.80. The lowest BCUT2D eigenvalue weighted by Crippen LogP contribution is -2.21. The zero-order chi connectivity index (χ0) is 11.7. The Morgan fingerprint density at radius 3 is 2.82 bits per heavy atom. The van der Waals surface area contributed by atoms with Crippen molar-refractivity contribution >= 4 is 18.1 Å². The standard InChI is InChI=1S/C12H14N2O2.ClH/c1-3-5-9-8(2)13-11-10(15)6-4-7-14(11)12(9)16;/h4,6-7,15H,3,5H2,1-2H3;1H. The lowest BCUT2D eigenvalue weighted by molar-refractivity contribution is 0.476. The predicted octanol–water partition coefficient (Wildman–Crippen LogP) is 2.08. The smallest absolute Gasteiger partial charge is 0.261 e. The maximum Gasteiger partial charge on any atom is 0.261 e. The van der Waals surface area contributed by atoms with Gasteiger partial charge in [0.25, 0.3) is 5.56 Å². The maximum atomic E-state index is 12.1. The van der Waals surface area contributed by atoms with Gasteiger partial charge in [-0.2, -0.15) is 0 Å². The van der Waals surface area contributed by atoms with Crippen LogP contribution in [-0.4, -0.2) is 14.5 Å². The van der Waals surface area contributed by atoms with E-state index in [0.717, 1.165) is 18.4 Å².